The SMILES string of the molecule is C[C@H]1C[C@H](n2c(Nc3ccc(OC(F)(F)F)cc3)nc3cc(OCC(=O)NCc4ncccc4C(F)(F)F)ccc32)CC(C)(C)C1. The molecule has 1 amide bonds. The summed E-state index contributed by atoms with van der Waals surface area (Å²) in [5, 5.41) is 5.64. The average Bonchev–Trinajstić information content (AvgIpc) is 3.31. The van der Waals surface area contributed by atoms with Crippen LogP contribution < -0.4 is 20.1 Å². The van der Waals surface area contributed by atoms with Crippen molar-refractivity contribution in [2.45, 2.75) is 65.2 Å². The minimum absolute atomic E-state index is 0.0688. The molecule has 1 saturated carbocycles. The molecule has 246 valence electrons. The Kier molecular flexibility index (Phi) is 9.09. The predicted molar refractivity (Wildman–Crippen MR) is 159 cm³/mol. The second kappa shape index (κ2) is 12.7. The maximum atomic E-state index is 13.2. The van der Waals surface area contributed by atoms with E-state index in [2.05, 4.69) is 45.7 Å². The number of carbonyl (C=O) groups is 1. The van der Waals surface area contributed by atoms with E-state index >= 15 is 0 Å². The van der Waals surface area contributed by atoms with Gasteiger partial charge in [0, 0.05) is 24.0 Å². The number of imidazole rings is 1. The van der Waals surface area contributed by atoms with Gasteiger partial charge in [-0.3, -0.25) is 9.78 Å². The molecule has 2 atom stereocenters. The molecule has 0 aliphatic heterocycles. The Labute approximate surface area is 261 Å². The summed E-state index contributed by atoms with van der Waals surface area (Å²) < 4.78 is 89.3. The highest BCUT2D eigenvalue weighted by atomic mass is 19.4. The third kappa shape index (κ3) is 8.20. The van der Waals surface area contributed by atoms with Crippen LogP contribution in [-0.4, -0.2) is 33.4 Å². The van der Waals surface area contributed by atoms with Crippen molar-refractivity contribution in [3.8, 4) is 11.5 Å². The highest BCUT2D eigenvalue weighted by Crippen LogP contribution is 2.46. The molecule has 1 aliphatic carbocycles. The highest BCUT2D eigenvalue weighted by molar-refractivity contribution is 5.82. The van der Waals surface area contributed by atoms with Crippen LogP contribution in [0.15, 0.2) is 60.8 Å². The molecule has 1 fully saturated rings. The minimum atomic E-state index is -4.80. The molecule has 0 saturated heterocycles. The van der Waals surface area contributed by atoms with Crippen LogP contribution in [0.5, 0.6) is 11.5 Å². The zero-order chi connectivity index (χ0) is 33.3. The molecule has 2 aromatic carbocycles. The fraction of sp³-hybridized carbons (Fsp3) is 0.406. The van der Waals surface area contributed by atoms with Gasteiger partial charge < -0.3 is 24.7 Å². The lowest BCUT2D eigenvalue weighted by Gasteiger charge is -2.40. The molecule has 4 aromatic rings. The van der Waals surface area contributed by atoms with Gasteiger partial charge in [0.2, 0.25) is 5.95 Å². The Morgan fingerprint density at radius 1 is 1.02 bits per heavy atom. The highest BCUT2D eigenvalue weighted by Gasteiger charge is 2.36. The monoisotopic (exact) mass is 649 g/mol. The number of fused-ring (bicyclic) bond motifs is 1. The number of alkyl halides is 6. The van der Waals surface area contributed by atoms with Crippen LogP contribution >= 0.6 is 0 Å². The number of aromatic nitrogens is 3. The van der Waals surface area contributed by atoms with Crippen molar-refractivity contribution in [1.82, 2.24) is 19.9 Å². The summed E-state index contributed by atoms with van der Waals surface area (Å²) in [7, 11) is 0. The predicted octanol–water partition coefficient (Wildman–Crippen LogP) is 8.17. The molecule has 2 N–H and O–H groups in total. The minimum Gasteiger partial charge on any atom is -0.484 e. The molecule has 5 rings (SSSR count). The van der Waals surface area contributed by atoms with Gasteiger partial charge in [-0.2, -0.15) is 13.2 Å². The smallest absolute Gasteiger partial charge is 0.484 e. The normalized spacial score (nSPS) is 18.3. The molecule has 2 heterocycles. The van der Waals surface area contributed by atoms with Gasteiger partial charge in [0.1, 0.15) is 11.5 Å². The van der Waals surface area contributed by atoms with Crippen molar-refractivity contribution < 1.29 is 40.6 Å². The van der Waals surface area contributed by atoms with Crippen LogP contribution in [0, 0.1) is 11.3 Å². The number of halogens is 6. The largest absolute Gasteiger partial charge is 0.573 e. The first-order valence-electron chi connectivity index (χ1n) is 14.6. The van der Waals surface area contributed by atoms with Crippen molar-refractivity contribution in [2.75, 3.05) is 11.9 Å². The van der Waals surface area contributed by atoms with E-state index < -0.39 is 37.2 Å². The van der Waals surface area contributed by atoms with E-state index in [-0.39, 0.29) is 22.9 Å². The maximum absolute atomic E-state index is 13.2. The number of rotatable bonds is 9. The fourth-order valence-corrected chi connectivity index (χ4v) is 6.21. The number of hydrogen-bond acceptors (Lipinski definition) is 6. The van der Waals surface area contributed by atoms with E-state index in [0.29, 0.717) is 28.8 Å². The number of pyridine rings is 1. The van der Waals surface area contributed by atoms with Gasteiger partial charge in [0.05, 0.1) is 28.8 Å². The number of nitrogens with one attached hydrogen (secondary N) is 2. The summed E-state index contributed by atoms with van der Waals surface area (Å²) in [6.07, 6.45) is -5.35. The second-order valence-corrected chi connectivity index (χ2v) is 12.3. The van der Waals surface area contributed by atoms with E-state index in [0.717, 1.165) is 30.8 Å². The van der Waals surface area contributed by atoms with Gasteiger partial charge in [-0.25, -0.2) is 4.98 Å². The Balaban J connectivity index is 1.35. The van der Waals surface area contributed by atoms with E-state index in [9.17, 15) is 31.1 Å². The lowest BCUT2D eigenvalue weighted by atomic mass is 9.70. The maximum Gasteiger partial charge on any atom is 0.573 e. The molecule has 8 nitrogen and oxygen atoms in total. The van der Waals surface area contributed by atoms with Crippen LogP contribution in [-0.2, 0) is 17.5 Å². The standard InChI is InChI=1S/C32H33F6N5O3/c1-19-13-21(16-30(2,3)15-19)43-27-11-10-23(45-18-28(44)40-17-26-24(31(33,34)35)5-4-12-39-26)14-25(27)42-29(43)41-20-6-8-22(9-7-20)46-32(36,37)38/h4-12,14,19,21H,13,15-18H2,1-3H3,(H,40,44)(H,41,42)/t19-,21-/m0/s1. The Bertz CT molecular complexity index is 1680. The summed E-state index contributed by atoms with van der Waals surface area (Å²) in [5.74, 6) is 0.264. The third-order valence-corrected chi connectivity index (χ3v) is 7.75. The third-order valence-electron chi connectivity index (χ3n) is 7.75. The summed E-state index contributed by atoms with van der Waals surface area (Å²) >= 11 is 0. The molecule has 0 unspecified atom stereocenters. The van der Waals surface area contributed by atoms with Gasteiger partial charge >= 0.3 is 12.5 Å². The zero-order valence-electron chi connectivity index (χ0n) is 25.3. The Morgan fingerprint density at radius 2 is 1.74 bits per heavy atom. The number of carbonyl (C=O) groups excluding carboxylic acids is 1. The molecule has 0 spiro atoms. The number of anilines is 2. The van der Waals surface area contributed by atoms with E-state index in [1.165, 1.54) is 36.5 Å². The van der Waals surface area contributed by atoms with Crippen molar-refractivity contribution in [1.29, 1.82) is 0 Å². The van der Waals surface area contributed by atoms with Crippen molar-refractivity contribution >= 4 is 28.6 Å². The first kappa shape index (κ1) is 32.9. The summed E-state index contributed by atoms with van der Waals surface area (Å²) in [6, 6.07) is 12.7. The van der Waals surface area contributed by atoms with Crippen LogP contribution in [0.4, 0.5) is 38.0 Å². The fourth-order valence-electron chi connectivity index (χ4n) is 6.21. The quantitative estimate of drug-likeness (QED) is 0.178. The molecular formula is C32H33F6N5O3. The lowest BCUT2D eigenvalue weighted by Crippen LogP contribution is -2.30. The average molecular weight is 650 g/mol. The van der Waals surface area contributed by atoms with Crippen LogP contribution in [0.3, 0.4) is 0 Å². The molecule has 14 heteroatoms. The van der Waals surface area contributed by atoms with Crippen molar-refractivity contribution in [3.63, 3.8) is 0 Å². The molecule has 0 bridgehead atoms. The number of amides is 1. The number of nitrogens with zero attached hydrogens (tertiary/aromatic N) is 3. The first-order chi connectivity index (χ1) is 21.6. The lowest BCUT2D eigenvalue weighted by molar-refractivity contribution is -0.274. The van der Waals surface area contributed by atoms with E-state index in [1.54, 1.807) is 12.1 Å². The molecular weight excluding hydrogens is 616 g/mol. The van der Waals surface area contributed by atoms with Gasteiger partial charge in [0.15, 0.2) is 6.61 Å². The Morgan fingerprint density at radius 3 is 2.41 bits per heavy atom. The Hall–Kier alpha value is -4.49. The first-order valence-corrected chi connectivity index (χ1v) is 14.6. The molecule has 46 heavy (non-hydrogen) atoms. The molecule has 2 aromatic heterocycles. The summed E-state index contributed by atoms with van der Waals surface area (Å²) in [6.45, 7) is 5.77. The number of ether oxygens (including phenoxy) is 2. The molecule has 0 radical (unpaired) electrons. The van der Waals surface area contributed by atoms with Gasteiger partial charge in [-0.05, 0) is 79.1 Å². The van der Waals surface area contributed by atoms with Gasteiger partial charge in [-0.1, -0.05) is 20.8 Å². The van der Waals surface area contributed by atoms with E-state index in [1.807, 2.05) is 6.07 Å². The zero-order valence-corrected chi connectivity index (χ0v) is 25.3. The van der Waals surface area contributed by atoms with Crippen molar-refractivity contribution in [2.24, 2.45) is 11.3 Å². The van der Waals surface area contributed by atoms with Crippen LogP contribution in [0.25, 0.3) is 11.0 Å². The second-order valence-electron chi connectivity index (χ2n) is 12.3. The van der Waals surface area contributed by atoms with Gasteiger partial charge in [-0.15, -0.1) is 13.2 Å². The molecule has 1 aliphatic rings. The van der Waals surface area contributed by atoms with Crippen molar-refractivity contribution in [3.05, 3.63) is 72.1 Å². The number of benzene rings is 2. The van der Waals surface area contributed by atoms with Gasteiger partial charge in [0.25, 0.3) is 5.91 Å². The summed E-state index contributed by atoms with van der Waals surface area (Å²) in [5.41, 5.74) is 0.683. The number of hydrogen-bond donors (Lipinski definition) is 2. The topological polar surface area (TPSA) is 90.3 Å². The van der Waals surface area contributed by atoms with Crippen LogP contribution in [0.2, 0.25) is 0 Å². The van der Waals surface area contributed by atoms with E-state index in [4.69, 9.17) is 9.72 Å². The van der Waals surface area contributed by atoms with Crippen LogP contribution in [0.1, 0.15) is 57.3 Å². The summed E-state index contributed by atoms with van der Waals surface area (Å²) in [4.78, 5) is 20.9.